The predicted octanol–water partition coefficient (Wildman–Crippen LogP) is -0.699. The molecule has 4 rings (SSSR count). The average Bonchev–Trinajstić information content (AvgIpc) is 3.02. The van der Waals surface area contributed by atoms with Crippen molar-refractivity contribution < 1.29 is 23.8 Å². The molecule has 4 N–H and O–H groups in total. The normalized spacial score (nSPS) is 36.0. The van der Waals surface area contributed by atoms with Crippen LogP contribution in [0.2, 0.25) is 0 Å². The Kier molecular flexibility index (Phi) is 3.03. The van der Waals surface area contributed by atoms with Crippen molar-refractivity contribution in [1.29, 1.82) is 0 Å². The van der Waals surface area contributed by atoms with Crippen LogP contribution in [-0.4, -0.2) is 54.4 Å². The van der Waals surface area contributed by atoms with Crippen molar-refractivity contribution in [3.8, 4) is 0 Å². The molecule has 2 aliphatic rings. The largest absolute Gasteiger partial charge is 0.386 e. The number of aliphatic hydroxyl groups is 1. The molecule has 0 aliphatic carbocycles. The van der Waals surface area contributed by atoms with Crippen molar-refractivity contribution in [2.24, 2.45) is 0 Å². The minimum atomic E-state index is -1.98. The molecule has 2 aromatic rings. The molecule has 0 amide bonds. The highest BCUT2D eigenvalue weighted by molar-refractivity contribution is 7.40. The van der Waals surface area contributed by atoms with Gasteiger partial charge in [-0.1, -0.05) is 0 Å². The van der Waals surface area contributed by atoms with Crippen molar-refractivity contribution in [3.05, 3.63) is 12.7 Å². The summed E-state index contributed by atoms with van der Waals surface area (Å²) in [4.78, 5) is 21.5. The molecule has 10 nitrogen and oxygen atoms in total. The molecule has 5 atom stereocenters. The Morgan fingerprint density at radius 2 is 2.24 bits per heavy atom. The van der Waals surface area contributed by atoms with E-state index < -0.39 is 33.1 Å². The summed E-state index contributed by atoms with van der Waals surface area (Å²) < 4.78 is 17.5. The maximum absolute atomic E-state index is 10.4. The lowest BCUT2D eigenvalue weighted by Gasteiger charge is -2.27. The van der Waals surface area contributed by atoms with E-state index in [9.17, 15) is 10.00 Å². The second kappa shape index (κ2) is 4.80. The first kappa shape index (κ1) is 13.3. The van der Waals surface area contributed by atoms with E-state index >= 15 is 0 Å². The predicted molar refractivity (Wildman–Crippen MR) is 69.6 cm³/mol. The third-order valence-electron chi connectivity index (χ3n) is 3.53. The maximum Gasteiger partial charge on any atom is 0.330 e. The van der Waals surface area contributed by atoms with Gasteiger partial charge in [0.2, 0.25) is 0 Å². The van der Waals surface area contributed by atoms with Gasteiger partial charge in [-0.15, -0.1) is 0 Å². The van der Waals surface area contributed by atoms with Gasteiger partial charge >= 0.3 is 8.60 Å². The number of fused-ring (bicyclic) bond motifs is 2. The number of imidazole rings is 1. The van der Waals surface area contributed by atoms with Gasteiger partial charge in [0, 0.05) is 0 Å². The monoisotopic (exact) mass is 313 g/mol. The Balaban J connectivity index is 1.71. The summed E-state index contributed by atoms with van der Waals surface area (Å²) in [5.74, 6) is 0.252. The van der Waals surface area contributed by atoms with Crippen LogP contribution in [0.5, 0.6) is 0 Å². The minimum Gasteiger partial charge on any atom is -0.386 e. The molecular formula is C10H12N5O5P. The molecule has 2 aromatic heterocycles. The van der Waals surface area contributed by atoms with E-state index in [0.717, 1.165) is 0 Å². The molecule has 0 saturated carbocycles. The van der Waals surface area contributed by atoms with Gasteiger partial charge in [-0.05, 0) is 0 Å². The lowest BCUT2D eigenvalue weighted by Crippen LogP contribution is -2.38. The van der Waals surface area contributed by atoms with Crippen LogP contribution in [0.25, 0.3) is 11.2 Å². The second-order valence-electron chi connectivity index (χ2n) is 4.74. The van der Waals surface area contributed by atoms with Crippen LogP contribution in [0.3, 0.4) is 0 Å². The van der Waals surface area contributed by atoms with E-state index in [0.29, 0.717) is 11.2 Å². The summed E-state index contributed by atoms with van der Waals surface area (Å²) >= 11 is 0. The molecule has 2 fully saturated rings. The van der Waals surface area contributed by atoms with Crippen LogP contribution >= 0.6 is 8.60 Å². The molecule has 11 heteroatoms. The Labute approximate surface area is 119 Å². The quantitative estimate of drug-likeness (QED) is 0.583. The summed E-state index contributed by atoms with van der Waals surface area (Å²) in [6, 6.07) is 0. The van der Waals surface area contributed by atoms with E-state index in [2.05, 4.69) is 15.0 Å². The molecule has 2 saturated heterocycles. The van der Waals surface area contributed by atoms with E-state index in [1.54, 1.807) is 4.57 Å². The summed E-state index contributed by atoms with van der Waals surface area (Å²) in [7, 11) is -1.98. The number of ether oxygens (including phenoxy) is 1. The van der Waals surface area contributed by atoms with E-state index in [1.807, 2.05) is 0 Å². The van der Waals surface area contributed by atoms with E-state index in [-0.39, 0.29) is 12.4 Å². The first-order valence-corrected chi connectivity index (χ1v) is 7.33. The Morgan fingerprint density at radius 1 is 1.38 bits per heavy atom. The van der Waals surface area contributed by atoms with Crippen LogP contribution in [0, 0.1) is 0 Å². The number of nitrogens with zero attached hydrogens (tertiary/aromatic N) is 4. The van der Waals surface area contributed by atoms with Crippen LogP contribution in [-0.2, 0) is 13.8 Å². The number of aliphatic hydroxyl groups excluding tert-OH is 1. The van der Waals surface area contributed by atoms with Gasteiger partial charge in [0.15, 0.2) is 17.7 Å². The average molecular weight is 313 g/mol. The number of anilines is 1. The third-order valence-corrected chi connectivity index (χ3v) is 4.33. The molecule has 112 valence electrons. The van der Waals surface area contributed by atoms with Crippen molar-refractivity contribution in [2.75, 3.05) is 12.3 Å². The van der Waals surface area contributed by atoms with Crippen molar-refractivity contribution in [3.63, 3.8) is 0 Å². The number of hydrogen-bond acceptors (Lipinski definition) is 9. The van der Waals surface area contributed by atoms with Crippen LogP contribution in [0.15, 0.2) is 12.7 Å². The summed E-state index contributed by atoms with van der Waals surface area (Å²) in [5.41, 5.74) is 6.62. The highest BCUT2D eigenvalue weighted by Gasteiger charge is 2.50. The van der Waals surface area contributed by atoms with Crippen LogP contribution < -0.4 is 5.73 Å². The molecule has 4 heterocycles. The number of nitrogen functional groups attached to an aromatic ring is 1. The second-order valence-corrected chi connectivity index (χ2v) is 5.69. The third kappa shape index (κ3) is 2.00. The standard InChI is InChI=1S/C10H12N5O5P/c11-8-5-9(13-2-12-8)15(3-14-5)10-6(16)7-4(19-10)1-18-21(17)20-7/h2-4,6-7,10,16-17H,1H2,(H2,11,12,13)/t4-,6+,7-,10-,21?/m1/s1. The molecule has 0 spiro atoms. The fourth-order valence-electron chi connectivity index (χ4n) is 2.54. The number of rotatable bonds is 1. The van der Waals surface area contributed by atoms with Gasteiger partial charge in [0.25, 0.3) is 0 Å². The summed E-state index contributed by atoms with van der Waals surface area (Å²) in [5, 5.41) is 10.4. The molecule has 0 aromatic carbocycles. The Hall–Kier alpha value is -1.42. The van der Waals surface area contributed by atoms with Crippen molar-refractivity contribution in [1.82, 2.24) is 19.5 Å². The highest BCUT2D eigenvalue weighted by Crippen LogP contribution is 2.46. The van der Waals surface area contributed by atoms with Gasteiger partial charge < -0.3 is 29.5 Å². The number of aromatic nitrogens is 4. The lowest BCUT2D eigenvalue weighted by atomic mass is 10.1. The van der Waals surface area contributed by atoms with E-state index in [1.165, 1.54) is 12.7 Å². The van der Waals surface area contributed by atoms with Gasteiger partial charge in [0.05, 0.1) is 12.9 Å². The van der Waals surface area contributed by atoms with E-state index in [4.69, 9.17) is 19.5 Å². The Morgan fingerprint density at radius 3 is 3.10 bits per heavy atom. The summed E-state index contributed by atoms with van der Waals surface area (Å²) in [6.45, 7) is 0.157. The van der Waals surface area contributed by atoms with Crippen LogP contribution in [0.4, 0.5) is 5.82 Å². The Bertz CT molecular complexity index is 683. The minimum absolute atomic E-state index is 0.157. The topological polar surface area (TPSA) is 138 Å². The molecule has 1 unspecified atom stereocenters. The molecule has 0 bridgehead atoms. The first-order chi connectivity index (χ1) is 10.1. The first-order valence-electron chi connectivity index (χ1n) is 6.20. The molecule has 21 heavy (non-hydrogen) atoms. The van der Waals surface area contributed by atoms with Gasteiger partial charge in [0.1, 0.15) is 30.2 Å². The zero-order valence-electron chi connectivity index (χ0n) is 10.6. The fourth-order valence-corrected chi connectivity index (χ4v) is 3.35. The van der Waals surface area contributed by atoms with Crippen molar-refractivity contribution >= 4 is 25.6 Å². The zero-order valence-corrected chi connectivity index (χ0v) is 11.5. The van der Waals surface area contributed by atoms with Crippen molar-refractivity contribution in [2.45, 2.75) is 24.5 Å². The highest BCUT2D eigenvalue weighted by atomic mass is 31.2. The van der Waals surface area contributed by atoms with Crippen LogP contribution in [0.1, 0.15) is 6.23 Å². The zero-order chi connectivity index (χ0) is 14.6. The maximum atomic E-state index is 10.4. The number of nitrogens with two attached hydrogens (primary N) is 1. The fraction of sp³-hybridized carbons (Fsp3) is 0.500. The smallest absolute Gasteiger partial charge is 0.330 e. The SMILES string of the molecule is Nc1ncnc2c1ncn2[C@@H]1O[C@@H]2COP(O)O[C@H]2[C@@H]1O. The molecular weight excluding hydrogens is 301 g/mol. The number of hydrogen-bond donors (Lipinski definition) is 3. The van der Waals surface area contributed by atoms with Gasteiger partial charge in [-0.25, -0.2) is 15.0 Å². The van der Waals surface area contributed by atoms with Gasteiger partial charge in [-0.3, -0.25) is 4.57 Å². The summed E-state index contributed by atoms with van der Waals surface area (Å²) in [6.07, 6.45) is -0.0570. The van der Waals surface area contributed by atoms with Gasteiger partial charge in [-0.2, -0.15) is 0 Å². The molecule has 2 aliphatic heterocycles. The molecule has 0 radical (unpaired) electrons. The lowest BCUT2D eigenvalue weighted by molar-refractivity contribution is -0.0587.